The van der Waals surface area contributed by atoms with E-state index >= 15 is 0 Å². The van der Waals surface area contributed by atoms with Crippen LogP contribution in [-0.2, 0) is 13.0 Å². The van der Waals surface area contributed by atoms with Crippen molar-refractivity contribution in [3.8, 4) is 17.0 Å². The van der Waals surface area contributed by atoms with E-state index in [0.29, 0.717) is 11.5 Å². The fourth-order valence-corrected chi connectivity index (χ4v) is 3.16. The summed E-state index contributed by atoms with van der Waals surface area (Å²) < 4.78 is 8.03. The molecule has 0 amide bonds. The van der Waals surface area contributed by atoms with Crippen LogP contribution in [0.25, 0.3) is 17.0 Å². The van der Waals surface area contributed by atoms with Gasteiger partial charge in [-0.3, -0.25) is 4.40 Å². The zero-order valence-electron chi connectivity index (χ0n) is 13.8. The Morgan fingerprint density at radius 3 is 2.83 bits per heavy atom. The Morgan fingerprint density at radius 1 is 1.29 bits per heavy atom. The zero-order valence-corrected chi connectivity index (χ0v) is 15.4. The quantitative estimate of drug-likeness (QED) is 0.691. The number of fused-ring (bicyclic) bond motifs is 1. The van der Waals surface area contributed by atoms with Crippen molar-refractivity contribution in [3.63, 3.8) is 0 Å². The number of hydrogen-bond donors (Lipinski definition) is 1. The highest BCUT2D eigenvalue weighted by atomic mass is 79.9. The van der Waals surface area contributed by atoms with E-state index < -0.39 is 0 Å². The van der Waals surface area contributed by atoms with Crippen molar-refractivity contribution in [1.82, 2.24) is 14.4 Å². The number of benzene rings is 1. The lowest BCUT2D eigenvalue weighted by molar-refractivity contribution is 0.281. The number of imidazole rings is 1. The minimum Gasteiger partial charge on any atom is -0.496 e. The van der Waals surface area contributed by atoms with E-state index in [9.17, 15) is 5.11 Å². The molecule has 0 atom stereocenters. The predicted molar refractivity (Wildman–Crippen MR) is 97.2 cm³/mol. The number of aliphatic hydroxyl groups excluding tert-OH is 1. The smallest absolute Gasteiger partial charge is 0.234 e. The average molecular weight is 390 g/mol. The molecular weight excluding hydrogens is 370 g/mol. The van der Waals surface area contributed by atoms with Crippen LogP contribution in [-0.4, -0.2) is 26.6 Å². The summed E-state index contributed by atoms with van der Waals surface area (Å²) in [7, 11) is 1.60. The van der Waals surface area contributed by atoms with Gasteiger partial charge in [0.1, 0.15) is 5.75 Å². The van der Waals surface area contributed by atoms with E-state index in [2.05, 4.69) is 32.8 Å². The van der Waals surface area contributed by atoms with Crippen LogP contribution < -0.4 is 4.74 Å². The largest absolute Gasteiger partial charge is 0.496 e. The van der Waals surface area contributed by atoms with Crippen molar-refractivity contribution in [2.75, 3.05) is 7.11 Å². The van der Waals surface area contributed by atoms with Gasteiger partial charge in [-0.15, -0.1) is 0 Å². The standard InChI is InChI=1S/C18H20BrN3O2/c1-3-4-5-13-6-7-22-10-16(21-18(22)20-13)14-9-15(19)17(24-2)8-12(14)11-23/h6-10,23H,3-5,11H2,1-2H3. The lowest BCUT2D eigenvalue weighted by Gasteiger charge is -2.09. The highest BCUT2D eigenvalue weighted by Crippen LogP contribution is 2.33. The van der Waals surface area contributed by atoms with E-state index in [-0.39, 0.29) is 6.61 Å². The maximum Gasteiger partial charge on any atom is 0.234 e. The Labute approximate surface area is 149 Å². The summed E-state index contributed by atoms with van der Waals surface area (Å²) in [5.41, 5.74) is 3.47. The number of halogens is 1. The Hall–Kier alpha value is -1.92. The summed E-state index contributed by atoms with van der Waals surface area (Å²) in [5, 5.41) is 9.69. The molecule has 126 valence electrons. The van der Waals surface area contributed by atoms with Gasteiger partial charge in [0.05, 0.1) is 23.9 Å². The van der Waals surface area contributed by atoms with Gasteiger partial charge in [-0.25, -0.2) is 9.97 Å². The van der Waals surface area contributed by atoms with E-state index in [1.807, 2.05) is 35.0 Å². The van der Waals surface area contributed by atoms with Gasteiger partial charge >= 0.3 is 0 Å². The summed E-state index contributed by atoms with van der Waals surface area (Å²) in [5.74, 6) is 1.36. The number of aromatic nitrogens is 3. The Morgan fingerprint density at radius 2 is 2.12 bits per heavy atom. The van der Waals surface area contributed by atoms with Gasteiger partial charge < -0.3 is 9.84 Å². The molecule has 0 fully saturated rings. The third-order valence-electron chi connectivity index (χ3n) is 3.99. The van der Waals surface area contributed by atoms with Crippen LogP contribution in [0.15, 0.2) is 35.1 Å². The van der Waals surface area contributed by atoms with Crippen LogP contribution in [0, 0.1) is 0 Å². The monoisotopic (exact) mass is 389 g/mol. The highest BCUT2D eigenvalue weighted by molar-refractivity contribution is 9.10. The molecule has 0 radical (unpaired) electrons. The van der Waals surface area contributed by atoms with Crippen molar-refractivity contribution in [1.29, 1.82) is 0 Å². The number of hydrogen-bond acceptors (Lipinski definition) is 4. The van der Waals surface area contributed by atoms with Crippen molar-refractivity contribution in [3.05, 3.63) is 46.3 Å². The Balaban J connectivity index is 2.04. The van der Waals surface area contributed by atoms with Crippen molar-refractivity contribution in [2.45, 2.75) is 32.8 Å². The number of aryl methyl sites for hydroxylation is 1. The second-order valence-corrected chi connectivity index (χ2v) is 6.51. The number of methoxy groups -OCH3 is 1. The Bertz CT molecular complexity index is 861. The van der Waals surface area contributed by atoms with E-state index in [1.54, 1.807) is 7.11 Å². The predicted octanol–water partition coefficient (Wildman–Crippen LogP) is 4.00. The van der Waals surface area contributed by atoms with E-state index in [4.69, 9.17) is 4.74 Å². The third-order valence-corrected chi connectivity index (χ3v) is 4.61. The molecular formula is C18H20BrN3O2. The van der Waals surface area contributed by atoms with Crippen molar-refractivity contribution in [2.24, 2.45) is 0 Å². The molecule has 0 unspecified atom stereocenters. The number of nitrogens with zero attached hydrogens (tertiary/aromatic N) is 3. The fraction of sp³-hybridized carbons (Fsp3) is 0.333. The molecule has 1 aromatic carbocycles. The van der Waals surface area contributed by atoms with Gasteiger partial charge in [0, 0.05) is 23.7 Å². The Kier molecular flexibility index (Phi) is 5.16. The van der Waals surface area contributed by atoms with Crippen LogP contribution in [0.1, 0.15) is 31.0 Å². The lowest BCUT2D eigenvalue weighted by atomic mass is 10.1. The summed E-state index contributed by atoms with van der Waals surface area (Å²) in [6.45, 7) is 2.09. The first kappa shape index (κ1) is 16.9. The fourth-order valence-electron chi connectivity index (χ4n) is 2.66. The molecule has 24 heavy (non-hydrogen) atoms. The molecule has 3 rings (SSSR count). The molecule has 0 spiro atoms. The minimum absolute atomic E-state index is 0.0813. The second kappa shape index (κ2) is 7.32. The number of unbranched alkanes of at least 4 members (excludes halogenated alkanes) is 1. The minimum atomic E-state index is -0.0813. The maximum absolute atomic E-state index is 9.69. The van der Waals surface area contributed by atoms with Gasteiger partial charge in [0.2, 0.25) is 5.78 Å². The van der Waals surface area contributed by atoms with Gasteiger partial charge in [-0.2, -0.15) is 0 Å². The summed E-state index contributed by atoms with van der Waals surface area (Å²) in [6, 6.07) is 5.78. The summed E-state index contributed by atoms with van der Waals surface area (Å²) in [6.07, 6.45) is 7.15. The van der Waals surface area contributed by atoms with Gasteiger partial charge in [-0.1, -0.05) is 13.3 Å². The van der Waals surface area contributed by atoms with Crippen LogP contribution >= 0.6 is 15.9 Å². The maximum atomic E-state index is 9.69. The third kappa shape index (κ3) is 3.30. The first-order valence-corrected chi connectivity index (χ1v) is 8.77. The summed E-state index contributed by atoms with van der Waals surface area (Å²) >= 11 is 3.50. The second-order valence-electron chi connectivity index (χ2n) is 5.66. The van der Waals surface area contributed by atoms with E-state index in [0.717, 1.165) is 46.2 Å². The molecule has 3 aromatic rings. The SMILES string of the molecule is CCCCc1ccn2cc(-c3cc(Br)c(OC)cc3CO)nc2n1. The molecule has 0 aliphatic heterocycles. The molecule has 5 nitrogen and oxygen atoms in total. The number of aliphatic hydroxyl groups is 1. The average Bonchev–Trinajstić information content (AvgIpc) is 3.02. The van der Waals surface area contributed by atoms with Crippen molar-refractivity contribution >= 4 is 21.7 Å². The van der Waals surface area contributed by atoms with Crippen LogP contribution in [0.5, 0.6) is 5.75 Å². The molecule has 0 aliphatic carbocycles. The van der Waals surface area contributed by atoms with Gasteiger partial charge in [-0.05, 0) is 52.5 Å². The number of rotatable bonds is 6. The molecule has 2 heterocycles. The molecule has 0 bridgehead atoms. The first-order chi connectivity index (χ1) is 11.7. The number of ether oxygens (including phenoxy) is 1. The molecule has 0 saturated carbocycles. The molecule has 0 aliphatic rings. The van der Waals surface area contributed by atoms with Gasteiger partial charge in [0.15, 0.2) is 0 Å². The highest BCUT2D eigenvalue weighted by Gasteiger charge is 2.14. The molecule has 2 aromatic heterocycles. The van der Waals surface area contributed by atoms with Crippen LogP contribution in [0.3, 0.4) is 0 Å². The topological polar surface area (TPSA) is 59.7 Å². The summed E-state index contributed by atoms with van der Waals surface area (Å²) in [4.78, 5) is 9.26. The van der Waals surface area contributed by atoms with E-state index in [1.165, 1.54) is 0 Å². The molecule has 1 N–H and O–H groups in total. The normalized spacial score (nSPS) is 11.2. The van der Waals surface area contributed by atoms with Crippen LogP contribution in [0.2, 0.25) is 0 Å². The van der Waals surface area contributed by atoms with Crippen molar-refractivity contribution < 1.29 is 9.84 Å². The van der Waals surface area contributed by atoms with Gasteiger partial charge in [0.25, 0.3) is 0 Å². The molecule has 6 heteroatoms. The first-order valence-electron chi connectivity index (χ1n) is 7.98. The lowest BCUT2D eigenvalue weighted by Crippen LogP contribution is -1.94. The van der Waals surface area contributed by atoms with Crippen LogP contribution in [0.4, 0.5) is 0 Å². The molecule has 0 saturated heterocycles. The zero-order chi connectivity index (χ0) is 17.1.